The van der Waals surface area contributed by atoms with E-state index in [0.717, 1.165) is 35.0 Å². The molecule has 31 heavy (non-hydrogen) atoms. The molecule has 0 bridgehead atoms. The second-order valence-electron chi connectivity index (χ2n) is 6.57. The van der Waals surface area contributed by atoms with Gasteiger partial charge in [0.15, 0.2) is 15.5 Å². The number of hydrogen-bond acceptors (Lipinski definition) is 6. The second-order valence-corrected chi connectivity index (χ2v) is 10.6. The van der Waals surface area contributed by atoms with Gasteiger partial charge in [0.05, 0.1) is 14.6 Å². The van der Waals surface area contributed by atoms with Crippen LogP contribution in [0.1, 0.15) is 15.4 Å². The first-order chi connectivity index (χ1) is 14.5. The maximum atomic E-state index is 13.5. The molecular weight excluding hydrogens is 469 g/mol. The zero-order chi connectivity index (χ0) is 22.4. The van der Waals surface area contributed by atoms with Gasteiger partial charge in [-0.25, -0.2) is 8.42 Å². The summed E-state index contributed by atoms with van der Waals surface area (Å²) in [6.07, 6.45) is -3.66. The van der Waals surface area contributed by atoms with Gasteiger partial charge in [-0.15, -0.1) is 22.7 Å². The van der Waals surface area contributed by atoms with E-state index in [0.29, 0.717) is 20.0 Å². The van der Waals surface area contributed by atoms with E-state index in [1.165, 1.54) is 18.2 Å². The summed E-state index contributed by atoms with van der Waals surface area (Å²) < 4.78 is 64.6. The zero-order valence-electron chi connectivity index (χ0n) is 15.8. The smallest absolute Gasteiger partial charge is 0.266 e. The highest BCUT2D eigenvalue weighted by Gasteiger charge is 2.38. The molecule has 0 N–H and O–H groups in total. The molecule has 0 aliphatic heterocycles. The van der Waals surface area contributed by atoms with Crippen LogP contribution in [0.4, 0.5) is 13.2 Å². The quantitative estimate of drug-likeness (QED) is 0.388. The Balaban J connectivity index is 1.75. The highest BCUT2D eigenvalue weighted by Crippen LogP contribution is 2.38. The summed E-state index contributed by atoms with van der Waals surface area (Å²) in [6, 6.07) is 13.4. The van der Waals surface area contributed by atoms with Crippen molar-refractivity contribution in [2.75, 3.05) is 6.26 Å². The molecule has 0 unspecified atom stereocenters. The van der Waals surface area contributed by atoms with Crippen LogP contribution in [0, 0.1) is 0 Å². The number of sulfone groups is 1. The van der Waals surface area contributed by atoms with Crippen LogP contribution in [0.3, 0.4) is 0 Å². The Hall–Kier alpha value is -2.76. The summed E-state index contributed by atoms with van der Waals surface area (Å²) in [4.78, 5) is 13.9. The molecule has 3 heterocycles. The molecule has 0 radical (unpaired) electrons. The lowest BCUT2D eigenvalue weighted by Gasteiger charge is -2.07. The van der Waals surface area contributed by atoms with E-state index < -0.39 is 27.6 Å². The minimum atomic E-state index is -4.76. The van der Waals surface area contributed by atoms with Gasteiger partial charge in [0, 0.05) is 11.1 Å². The third-order valence-electron chi connectivity index (χ3n) is 4.33. The highest BCUT2D eigenvalue weighted by molar-refractivity contribution is 7.90. The second kappa shape index (κ2) is 7.74. The van der Waals surface area contributed by atoms with E-state index >= 15 is 0 Å². The van der Waals surface area contributed by atoms with Crippen molar-refractivity contribution in [2.45, 2.75) is 11.1 Å². The van der Waals surface area contributed by atoms with Crippen LogP contribution in [0.25, 0.3) is 21.0 Å². The van der Waals surface area contributed by atoms with Gasteiger partial charge in [-0.3, -0.25) is 4.79 Å². The molecule has 5 nitrogen and oxygen atoms in total. The van der Waals surface area contributed by atoms with Crippen LogP contribution in [-0.4, -0.2) is 30.4 Å². The monoisotopic (exact) mass is 482 g/mol. The number of nitrogens with zero attached hydrogens (tertiary/aromatic N) is 2. The average Bonchev–Trinajstić information content (AvgIpc) is 3.46. The minimum absolute atomic E-state index is 0.00717. The molecule has 0 amide bonds. The maximum absolute atomic E-state index is 13.5. The van der Waals surface area contributed by atoms with Crippen LogP contribution in [0.15, 0.2) is 64.9 Å². The Labute approximate surface area is 183 Å². The molecular formula is C20H13F3N2O3S3. The van der Waals surface area contributed by atoms with Crippen molar-refractivity contribution < 1.29 is 26.4 Å². The van der Waals surface area contributed by atoms with Crippen LogP contribution in [-0.2, 0) is 16.0 Å². The number of aromatic nitrogens is 2. The van der Waals surface area contributed by atoms with Crippen LogP contribution in [0.5, 0.6) is 0 Å². The van der Waals surface area contributed by atoms with Crippen molar-refractivity contribution in [3.05, 3.63) is 70.5 Å². The predicted octanol–water partition coefficient (Wildman–Crippen LogP) is 5.45. The average molecular weight is 483 g/mol. The first kappa shape index (κ1) is 21.5. The molecule has 0 saturated carbocycles. The Bertz CT molecular complexity index is 1370. The summed E-state index contributed by atoms with van der Waals surface area (Å²) in [5, 5.41) is 5.53. The van der Waals surface area contributed by atoms with Gasteiger partial charge in [-0.05, 0) is 47.3 Å². The largest absolute Gasteiger partial charge is 0.433 e. The molecule has 3 aromatic heterocycles. The molecule has 0 atom stereocenters. The zero-order valence-corrected chi connectivity index (χ0v) is 18.2. The van der Waals surface area contributed by atoms with Crippen LogP contribution in [0.2, 0.25) is 0 Å². The fourth-order valence-electron chi connectivity index (χ4n) is 2.87. The fraction of sp³-hybridized carbons (Fsp3) is 0.100. The first-order valence-corrected chi connectivity index (χ1v) is 12.3. The number of benzene rings is 1. The van der Waals surface area contributed by atoms with Gasteiger partial charge in [0.25, 0.3) is 5.91 Å². The van der Waals surface area contributed by atoms with E-state index in [9.17, 15) is 26.4 Å². The molecule has 160 valence electrons. The number of rotatable bonds is 4. The normalized spacial score (nSPS) is 12.3. The lowest BCUT2D eigenvalue weighted by atomic mass is 10.2. The molecule has 1 aromatic carbocycles. The van der Waals surface area contributed by atoms with Gasteiger partial charge in [-0.2, -0.15) is 23.0 Å². The third-order valence-corrected chi connectivity index (χ3v) is 7.45. The van der Waals surface area contributed by atoms with E-state index in [4.69, 9.17) is 0 Å². The van der Waals surface area contributed by atoms with Crippen LogP contribution < -0.4 is 0 Å². The minimum Gasteiger partial charge on any atom is -0.266 e. The number of hydrogen-bond donors (Lipinski definition) is 0. The number of carbonyl (C=O) groups excluding carboxylic acids is 1. The SMILES string of the molecule is CS(=O)(=O)c1cccc(-c2ccc(-c3cc(C(F)(F)F)n(C(=O)c4cccs4)n3)s2)c1. The number of carbonyl (C=O) groups is 1. The molecule has 0 saturated heterocycles. The summed E-state index contributed by atoms with van der Waals surface area (Å²) in [5.41, 5.74) is -0.535. The Morgan fingerprint density at radius 2 is 1.77 bits per heavy atom. The lowest BCUT2D eigenvalue weighted by molar-refractivity contribution is -0.143. The Morgan fingerprint density at radius 3 is 2.42 bits per heavy atom. The lowest BCUT2D eigenvalue weighted by Crippen LogP contribution is -2.21. The molecule has 4 aromatic rings. The summed E-state index contributed by atoms with van der Waals surface area (Å²) in [7, 11) is -3.40. The highest BCUT2D eigenvalue weighted by atomic mass is 32.2. The van der Waals surface area contributed by atoms with Crippen LogP contribution >= 0.6 is 22.7 Å². The van der Waals surface area contributed by atoms with E-state index in [2.05, 4.69) is 5.10 Å². The molecule has 0 aliphatic carbocycles. The number of thiophene rings is 2. The van der Waals surface area contributed by atoms with Gasteiger partial charge in [-0.1, -0.05) is 18.2 Å². The first-order valence-electron chi connectivity index (χ1n) is 8.70. The number of halogens is 3. The van der Waals surface area contributed by atoms with E-state index in [-0.39, 0.29) is 15.5 Å². The van der Waals surface area contributed by atoms with Gasteiger partial charge >= 0.3 is 6.18 Å². The van der Waals surface area contributed by atoms with Crippen molar-refractivity contribution in [3.8, 4) is 21.0 Å². The maximum Gasteiger partial charge on any atom is 0.433 e. The summed E-state index contributed by atoms with van der Waals surface area (Å²) >= 11 is 2.18. The Kier molecular flexibility index (Phi) is 5.36. The van der Waals surface area contributed by atoms with Crippen molar-refractivity contribution in [1.82, 2.24) is 9.78 Å². The molecule has 0 spiro atoms. The van der Waals surface area contributed by atoms with E-state index in [1.807, 2.05) is 0 Å². The summed E-state index contributed by atoms with van der Waals surface area (Å²) in [6.45, 7) is 0. The topological polar surface area (TPSA) is 69.0 Å². The van der Waals surface area contributed by atoms with Gasteiger partial charge < -0.3 is 0 Å². The molecule has 4 rings (SSSR count). The standard InChI is InChI=1S/C20H13F3N2O3S3/c1-31(27,28)13-5-2-4-12(10-13)15-7-8-16(30-15)14-11-18(20(21,22)23)25(24-14)19(26)17-6-3-9-29-17/h2-11H,1H3. The summed E-state index contributed by atoms with van der Waals surface area (Å²) in [5.74, 6) is -0.855. The van der Waals surface area contributed by atoms with Crippen molar-refractivity contribution in [1.29, 1.82) is 0 Å². The third kappa shape index (κ3) is 4.34. The van der Waals surface area contributed by atoms with Crippen molar-refractivity contribution >= 4 is 38.4 Å². The van der Waals surface area contributed by atoms with Gasteiger partial charge in [0.2, 0.25) is 0 Å². The Morgan fingerprint density at radius 1 is 1.03 bits per heavy atom. The van der Waals surface area contributed by atoms with Crippen molar-refractivity contribution in [2.24, 2.45) is 0 Å². The fourth-order valence-corrected chi connectivity index (χ4v) is 5.15. The molecule has 0 fully saturated rings. The molecule has 0 aliphatic rings. The predicted molar refractivity (Wildman–Crippen MR) is 113 cm³/mol. The van der Waals surface area contributed by atoms with E-state index in [1.54, 1.807) is 35.7 Å². The van der Waals surface area contributed by atoms with Gasteiger partial charge in [0.1, 0.15) is 5.69 Å². The number of alkyl halides is 3. The van der Waals surface area contributed by atoms with Crippen molar-refractivity contribution in [3.63, 3.8) is 0 Å². The molecule has 11 heteroatoms.